The van der Waals surface area contributed by atoms with E-state index in [0.29, 0.717) is 5.75 Å². The van der Waals surface area contributed by atoms with Gasteiger partial charge in [-0.25, -0.2) is 0 Å². The number of hydrogen-bond acceptors (Lipinski definition) is 2. The van der Waals surface area contributed by atoms with Crippen molar-refractivity contribution in [3.63, 3.8) is 0 Å². The SMILES string of the molecule is N#COc1c(Br)cccc1Br. The second kappa shape index (κ2) is 3.74. The largest absolute Gasteiger partial charge is 0.386 e. The Morgan fingerprint density at radius 2 is 1.82 bits per heavy atom. The van der Waals surface area contributed by atoms with Crippen molar-refractivity contribution in [3.05, 3.63) is 27.1 Å². The van der Waals surface area contributed by atoms with Gasteiger partial charge in [0.15, 0.2) is 5.75 Å². The highest BCUT2D eigenvalue weighted by Gasteiger charge is 2.04. The minimum atomic E-state index is 0.509. The van der Waals surface area contributed by atoms with Crippen LogP contribution in [-0.2, 0) is 0 Å². The molecule has 56 valence electrons. The lowest BCUT2D eigenvalue weighted by Gasteiger charge is -2.00. The summed E-state index contributed by atoms with van der Waals surface area (Å²) in [6, 6.07) is 5.45. The van der Waals surface area contributed by atoms with Gasteiger partial charge in [-0.15, -0.1) is 5.26 Å². The highest BCUT2D eigenvalue weighted by molar-refractivity contribution is 9.11. The molecule has 4 heteroatoms. The summed E-state index contributed by atoms with van der Waals surface area (Å²) in [4.78, 5) is 0. The number of nitrogens with zero attached hydrogens (tertiary/aromatic N) is 1. The number of nitriles is 1. The molecule has 0 spiro atoms. The molecule has 0 N–H and O–H groups in total. The molecule has 1 aromatic carbocycles. The number of hydrogen-bond donors (Lipinski definition) is 0. The first-order valence-corrected chi connectivity index (χ1v) is 4.34. The molecule has 1 aromatic rings. The summed E-state index contributed by atoms with van der Waals surface area (Å²) in [5, 5.41) is 8.25. The van der Waals surface area contributed by atoms with Gasteiger partial charge in [0, 0.05) is 0 Å². The number of para-hydroxylation sites is 1. The van der Waals surface area contributed by atoms with Gasteiger partial charge in [-0.05, 0) is 44.0 Å². The fourth-order valence-electron chi connectivity index (χ4n) is 0.626. The molecule has 0 amide bonds. The molecule has 0 bridgehead atoms. The highest BCUT2D eigenvalue weighted by atomic mass is 79.9. The summed E-state index contributed by atoms with van der Waals surface area (Å²) < 4.78 is 6.19. The van der Waals surface area contributed by atoms with Gasteiger partial charge in [0.05, 0.1) is 8.95 Å². The highest BCUT2D eigenvalue weighted by Crippen LogP contribution is 2.32. The van der Waals surface area contributed by atoms with Crippen molar-refractivity contribution < 1.29 is 4.74 Å². The first-order chi connectivity index (χ1) is 5.25. The first-order valence-electron chi connectivity index (χ1n) is 2.75. The van der Waals surface area contributed by atoms with Crippen molar-refractivity contribution in [2.75, 3.05) is 0 Å². The van der Waals surface area contributed by atoms with Crippen LogP contribution in [0.5, 0.6) is 5.75 Å². The predicted molar refractivity (Wildman–Crippen MR) is 48.1 cm³/mol. The summed E-state index contributed by atoms with van der Waals surface area (Å²) in [6.45, 7) is 0. The monoisotopic (exact) mass is 275 g/mol. The van der Waals surface area contributed by atoms with Crippen LogP contribution < -0.4 is 4.74 Å². The summed E-state index contributed by atoms with van der Waals surface area (Å²) in [7, 11) is 0. The zero-order valence-electron chi connectivity index (χ0n) is 5.34. The molecule has 0 aliphatic heterocycles. The summed E-state index contributed by atoms with van der Waals surface area (Å²) in [5.74, 6) is 0.509. The van der Waals surface area contributed by atoms with Gasteiger partial charge in [0.2, 0.25) is 0 Å². The molecule has 0 aromatic heterocycles. The second-order valence-electron chi connectivity index (χ2n) is 1.74. The molecule has 11 heavy (non-hydrogen) atoms. The maximum absolute atomic E-state index is 8.25. The first kappa shape index (κ1) is 8.57. The summed E-state index contributed by atoms with van der Waals surface area (Å²) in [6.07, 6.45) is 1.61. The quantitative estimate of drug-likeness (QED) is 0.739. The second-order valence-corrected chi connectivity index (χ2v) is 3.45. The third kappa shape index (κ3) is 1.95. The Hall–Kier alpha value is -0.530. The summed E-state index contributed by atoms with van der Waals surface area (Å²) in [5.41, 5.74) is 0. The molecule has 2 nitrogen and oxygen atoms in total. The van der Waals surface area contributed by atoms with Crippen LogP contribution in [0.25, 0.3) is 0 Å². The fraction of sp³-hybridized carbons (Fsp3) is 0. The predicted octanol–water partition coefficient (Wildman–Crippen LogP) is 3.07. The third-order valence-corrected chi connectivity index (χ3v) is 2.32. The van der Waals surface area contributed by atoms with Crippen LogP contribution >= 0.6 is 31.9 Å². The van der Waals surface area contributed by atoms with Gasteiger partial charge >= 0.3 is 0 Å². The maximum atomic E-state index is 8.25. The fourth-order valence-corrected chi connectivity index (χ4v) is 1.79. The molecule has 0 radical (unpaired) electrons. The normalized spacial score (nSPS) is 8.82. The molecular formula is C7H3Br2NO. The van der Waals surface area contributed by atoms with E-state index in [-0.39, 0.29) is 0 Å². The Bertz CT molecular complexity index is 286. The molecule has 0 saturated carbocycles. The lowest BCUT2D eigenvalue weighted by atomic mass is 10.3. The molecule has 0 aliphatic rings. The van der Waals surface area contributed by atoms with Crippen molar-refractivity contribution in [1.29, 1.82) is 5.26 Å². The minimum absolute atomic E-state index is 0.509. The number of halogens is 2. The van der Waals surface area contributed by atoms with E-state index < -0.39 is 0 Å². The van der Waals surface area contributed by atoms with Crippen LogP contribution in [-0.4, -0.2) is 0 Å². The van der Waals surface area contributed by atoms with E-state index in [1.165, 1.54) is 0 Å². The summed E-state index contributed by atoms with van der Waals surface area (Å²) >= 11 is 6.48. The molecule has 1 rings (SSSR count). The molecule has 0 aliphatic carbocycles. The van der Waals surface area contributed by atoms with Gasteiger partial charge in [-0.1, -0.05) is 6.07 Å². The standard InChI is InChI=1S/C7H3Br2NO/c8-5-2-1-3-6(9)7(5)11-4-10/h1-3H. The van der Waals surface area contributed by atoms with Crippen LogP contribution in [0, 0.1) is 11.5 Å². The lowest BCUT2D eigenvalue weighted by Crippen LogP contribution is -1.84. The van der Waals surface area contributed by atoms with Crippen molar-refractivity contribution >= 4 is 31.9 Å². The molecule has 0 atom stereocenters. The number of ether oxygens (including phenoxy) is 1. The van der Waals surface area contributed by atoms with Crippen LogP contribution in [0.2, 0.25) is 0 Å². The zero-order valence-corrected chi connectivity index (χ0v) is 8.52. The van der Waals surface area contributed by atoms with Crippen molar-refractivity contribution in [3.8, 4) is 12.0 Å². The van der Waals surface area contributed by atoms with Crippen molar-refractivity contribution in [1.82, 2.24) is 0 Å². The average Bonchev–Trinajstić information content (AvgIpc) is 1.97. The van der Waals surface area contributed by atoms with Gasteiger partial charge in [-0.2, -0.15) is 0 Å². The Morgan fingerprint density at radius 3 is 2.27 bits per heavy atom. The van der Waals surface area contributed by atoms with E-state index in [9.17, 15) is 0 Å². The topological polar surface area (TPSA) is 33.0 Å². The Balaban J connectivity index is 3.12. The maximum Gasteiger partial charge on any atom is 0.292 e. The molecular weight excluding hydrogens is 274 g/mol. The van der Waals surface area contributed by atoms with E-state index in [4.69, 9.17) is 5.26 Å². The van der Waals surface area contributed by atoms with Gasteiger partial charge in [0.1, 0.15) is 0 Å². The lowest BCUT2D eigenvalue weighted by molar-refractivity contribution is 0.501. The number of rotatable bonds is 1. The van der Waals surface area contributed by atoms with Crippen molar-refractivity contribution in [2.45, 2.75) is 0 Å². The zero-order chi connectivity index (χ0) is 8.27. The average molecular weight is 277 g/mol. The Kier molecular flexibility index (Phi) is 2.92. The Labute approximate surface area is 81.0 Å². The van der Waals surface area contributed by atoms with Gasteiger partial charge in [0.25, 0.3) is 6.26 Å². The van der Waals surface area contributed by atoms with E-state index >= 15 is 0 Å². The smallest absolute Gasteiger partial charge is 0.292 e. The van der Waals surface area contributed by atoms with Crippen LogP contribution in [0.1, 0.15) is 0 Å². The van der Waals surface area contributed by atoms with E-state index in [1.807, 2.05) is 6.07 Å². The minimum Gasteiger partial charge on any atom is -0.386 e. The van der Waals surface area contributed by atoms with Crippen LogP contribution in [0.3, 0.4) is 0 Å². The third-order valence-electron chi connectivity index (χ3n) is 1.07. The van der Waals surface area contributed by atoms with Crippen LogP contribution in [0.15, 0.2) is 27.1 Å². The molecule has 0 saturated heterocycles. The van der Waals surface area contributed by atoms with Gasteiger partial charge < -0.3 is 4.74 Å². The van der Waals surface area contributed by atoms with Crippen LogP contribution in [0.4, 0.5) is 0 Å². The number of benzene rings is 1. The molecule has 0 fully saturated rings. The van der Waals surface area contributed by atoms with E-state index in [0.717, 1.165) is 8.95 Å². The Morgan fingerprint density at radius 1 is 1.27 bits per heavy atom. The van der Waals surface area contributed by atoms with Crippen molar-refractivity contribution in [2.24, 2.45) is 0 Å². The van der Waals surface area contributed by atoms with E-state index in [2.05, 4.69) is 36.6 Å². The molecule has 0 heterocycles. The van der Waals surface area contributed by atoms with E-state index in [1.54, 1.807) is 18.4 Å². The van der Waals surface area contributed by atoms with Gasteiger partial charge in [-0.3, -0.25) is 0 Å². The molecule has 0 unspecified atom stereocenters.